The third-order valence-corrected chi connectivity index (χ3v) is 1.33. The Bertz CT molecular complexity index is 50.5. The van der Waals surface area contributed by atoms with Crippen LogP contribution in [-0.4, -0.2) is 30.9 Å². The van der Waals surface area contributed by atoms with Crippen molar-refractivity contribution < 1.29 is 0 Å². The molecule has 1 saturated heterocycles. The van der Waals surface area contributed by atoms with Crippen LogP contribution >= 0.6 is 12.2 Å². The van der Waals surface area contributed by atoms with Gasteiger partial charge in [0, 0.05) is 0 Å². The first-order valence-electron chi connectivity index (χ1n) is 2.87. The third kappa shape index (κ3) is 3.10. The van der Waals surface area contributed by atoms with Crippen LogP contribution in [0.2, 0.25) is 0 Å². The molecule has 0 atom stereocenters. The third-order valence-electron chi connectivity index (χ3n) is 1.33. The Labute approximate surface area is 56.7 Å². The molecular weight excluding hydrogens is 118 g/mol. The van der Waals surface area contributed by atoms with E-state index >= 15 is 0 Å². The predicted octanol–water partition coefficient (Wildman–Crippen LogP) is 1.33. The van der Waals surface area contributed by atoms with Gasteiger partial charge in [-0.2, -0.15) is 0 Å². The summed E-state index contributed by atoms with van der Waals surface area (Å²) in [7, 11) is 2.17. The molecule has 1 aliphatic rings. The Kier molecular flexibility index (Phi) is 5.22. The van der Waals surface area contributed by atoms with Crippen molar-refractivity contribution in [2.45, 2.75) is 12.8 Å². The number of hydrogen-bond donors (Lipinski definition) is 0. The predicted molar refractivity (Wildman–Crippen MR) is 41.4 cm³/mol. The Morgan fingerprint density at radius 1 is 1.25 bits per heavy atom. The second-order valence-corrected chi connectivity index (χ2v) is 2.01. The van der Waals surface area contributed by atoms with Crippen molar-refractivity contribution in [2.24, 2.45) is 0 Å². The molecule has 0 aromatic rings. The molecule has 0 bridgehead atoms. The van der Waals surface area contributed by atoms with Gasteiger partial charge in [0.1, 0.15) is 0 Å². The molecule has 1 rings (SSSR count). The van der Waals surface area contributed by atoms with E-state index in [1.165, 1.54) is 25.9 Å². The van der Waals surface area contributed by atoms with Crippen LogP contribution in [0.1, 0.15) is 12.8 Å². The zero-order chi connectivity index (χ0) is 6.41. The van der Waals surface area contributed by atoms with Crippen LogP contribution in [0.3, 0.4) is 0 Å². The van der Waals surface area contributed by atoms with Crippen molar-refractivity contribution in [2.75, 3.05) is 20.1 Å². The summed E-state index contributed by atoms with van der Waals surface area (Å²) in [6.45, 7) is 2.64. The molecule has 1 fully saturated rings. The fourth-order valence-corrected chi connectivity index (χ4v) is 0.875. The van der Waals surface area contributed by atoms with Gasteiger partial charge in [0.2, 0.25) is 0 Å². The Morgan fingerprint density at radius 2 is 1.62 bits per heavy atom. The Morgan fingerprint density at radius 3 is 1.75 bits per heavy atom. The maximum Gasteiger partial charge on any atom is -0.00213 e. The van der Waals surface area contributed by atoms with Crippen LogP contribution < -0.4 is 0 Å². The van der Waals surface area contributed by atoms with Crippen LogP contribution in [0.15, 0.2) is 0 Å². The van der Waals surface area contributed by atoms with Crippen LogP contribution in [-0.2, 0) is 0 Å². The molecule has 48 valence electrons. The van der Waals surface area contributed by atoms with Gasteiger partial charge in [0.15, 0.2) is 0 Å². The molecule has 0 aromatic heterocycles. The van der Waals surface area contributed by atoms with E-state index in [0.717, 1.165) is 0 Å². The second-order valence-electron chi connectivity index (χ2n) is 2.01. The molecule has 1 heterocycles. The van der Waals surface area contributed by atoms with Gasteiger partial charge in [-0.3, -0.25) is 0 Å². The number of rotatable bonds is 0. The van der Waals surface area contributed by atoms with Gasteiger partial charge < -0.3 is 4.90 Å². The van der Waals surface area contributed by atoms with E-state index in [2.05, 4.69) is 30.0 Å². The van der Waals surface area contributed by atoms with Crippen molar-refractivity contribution in [1.82, 2.24) is 4.90 Å². The summed E-state index contributed by atoms with van der Waals surface area (Å²) in [6, 6.07) is 0. The van der Waals surface area contributed by atoms with Crippen molar-refractivity contribution in [3.05, 3.63) is 0 Å². The van der Waals surface area contributed by atoms with Gasteiger partial charge in [-0.1, -0.05) is 12.2 Å². The quantitative estimate of drug-likeness (QED) is 0.456. The van der Waals surface area contributed by atoms with Crippen LogP contribution in [0.5, 0.6) is 0 Å². The molecule has 0 aliphatic carbocycles. The zero-order valence-electron chi connectivity index (χ0n) is 5.39. The molecule has 2 heteroatoms. The van der Waals surface area contributed by atoms with Gasteiger partial charge >= 0.3 is 0 Å². The molecule has 1 nitrogen and oxygen atoms in total. The van der Waals surface area contributed by atoms with E-state index in [4.69, 9.17) is 0 Å². The van der Waals surface area contributed by atoms with E-state index < -0.39 is 0 Å². The lowest BCUT2D eigenvalue weighted by Gasteiger charge is -2.01. The normalized spacial score (nSPS) is 19.6. The van der Waals surface area contributed by atoms with Gasteiger partial charge in [0.05, 0.1) is 0 Å². The molecule has 0 N–H and O–H groups in total. The molecule has 0 saturated carbocycles. The standard InChI is InChI=1S/C5H11N.CH2S/c1-6-4-2-3-5-6;1-2/h2-5H2,1H3;1H2. The largest absolute Gasteiger partial charge is 0.306 e. The first-order chi connectivity index (χ1) is 3.89. The summed E-state index contributed by atoms with van der Waals surface area (Å²) >= 11 is 3.83. The molecule has 1 aliphatic heterocycles. The fraction of sp³-hybridized carbons (Fsp3) is 0.833. The summed E-state index contributed by atoms with van der Waals surface area (Å²) < 4.78 is 0. The van der Waals surface area contributed by atoms with Crippen molar-refractivity contribution >= 4 is 18.1 Å². The minimum atomic E-state index is 1.32. The minimum absolute atomic E-state index is 1.32. The van der Waals surface area contributed by atoms with Gasteiger partial charge in [-0.25, -0.2) is 0 Å². The van der Waals surface area contributed by atoms with Crippen molar-refractivity contribution in [3.8, 4) is 0 Å². The van der Waals surface area contributed by atoms with Crippen molar-refractivity contribution in [1.29, 1.82) is 0 Å². The summed E-state index contributed by atoms with van der Waals surface area (Å²) in [5.74, 6) is 2.83. The van der Waals surface area contributed by atoms with Crippen LogP contribution in [0.25, 0.3) is 0 Å². The molecular formula is C6H13NS. The SMILES string of the molecule is C=S.CN1CCCC1. The summed E-state index contributed by atoms with van der Waals surface area (Å²) in [6.07, 6.45) is 2.83. The molecule has 0 amide bonds. The lowest BCUT2D eigenvalue weighted by atomic mass is 10.4. The van der Waals surface area contributed by atoms with E-state index in [9.17, 15) is 0 Å². The highest BCUT2D eigenvalue weighted by molar-refractivity contribution is 7.77. The molecule has 0 unspecified atom stereocenters. The lowest BCUT2D eigenvalue weighted by molar-refractivity contribution is 0.418. The molecule has 0 radical (unpaired) electrons. The van der Waals surface area contributed by atoms with Crippen LogP contribution in [0.4, 0.5) is 0 Å². The van der Waals surface area contributed by atoms with E-state index in [1.54, 1.807) is 0 Å². The van der Waals surface area contributed by atoms with Gasteiger partial charge in [0.25, 0.3) is 0 Å². The lowest BCUT2D eigenvalue weighted by Crippen LogP contribution is -2.10. The molecule has 0 aromatic carbocycles. The number of nitrogens with zero attached hydrogens (tertiary/aromatic N) is 1. The topological polar surface area (TPSA) is 3.24 Å². The minimum Gasteiger partial charge on any atom is -0.306 e. The first kappa shape index (κ1) is 8.05. The Balaban J connectivity index is 0.000000222. The van der Waals surface area contributed by atoms with Gasteiger partial charge in [-0.05, 0) is 38.8 Å². The fourth-order valence-electron chi connectivity index (χ4n) is 0.875. The average Bonchev–Trinajstić information content (AvgIpc) is 2.24. The van der Waals surface area contributed by atoms with E-state index in [-0.39, 0.29) is 0 Å². The van der Waals surface area contributed by atoms with Gasteiger partial charge in [-0.15, -0.1) is 0 Å². The summed E-state index contributed by atoms with van der Waals surface area (Å²) in [4.78, 5) is 2.36. The summed E-state index contributed by atoms with van der Waals surface area (Å²) in [5, 5.41) is 0. The first-order valence-corrected chi connectivity index (χ1v) is 3.45. The maximum atomic E-state index is 3.83. The van der Waals surface area contributed by atoms with Crippen LogP contribution in [0, 0.1) is 0 Å². The highest BCUT2D eigenvalue weighted by Crippen LogP contribution is 2.01. The smallest absolute Gasteiger partial charge is 0.00213 e. The Hall–Kier alpha value is 0.0500. The molecule has 8 heavy (non-hydrogen) atoms. The van der Waals surface area contributed by atoms with Crippen molar-refractivity contribution in [3.63, 3.8) is 0 Å². The average molecular weight is 131 g/mol. The molecule has 0 spiro atoms. The highest BCUT2D eigenvalue weighted by Gasteiger charge is 2.03. The summed E-state index contributed by atoms with van der Waals surface area (Å²) in [5.41, 5.74) is 0. The monoisotopic (exact) mass is 131 g/mol. The zero-order valence-corrected chi connectivity index (χ0v) is 6.21. The number of hydrogen-bond acceptors (Lipinski definition) is 2. The highest BCUT2D eigenvalue weighted by atomic mass is 32.1. The van der Waals surface area contributed by atoms with E-state index in [0.29, 0.717) is 0 Å². The maximum absolute atomic E-state index is 3.83. The number of likely N-dealkylation sites (tertiary alicyclic amines) is 1. The second kappa shape index (κ2) is 5.19. The van der Waals surface area contributed by atoms with E-state index in [1.807, 2.05) is 0 Å². The number of thiocarbonyl (C=S) groups is 1.